The smallest absolute Gasteiger partial charge is 0.192 e. The van der Waals surface area contributed by atoms with Crippen molar-refractivity contribution in [3.05, 3.63) is 0 Å². The maximum atomic E-state index is 6.87. The predicted octanol–water partition coefficient (Wildman–Crippen LogP) is 6.72. The van der Waals surface area contributed by atoms with Crippen molar-refractivity contribution in [1.29, 1.82) is 0 Å². The second-order valence-corrected chi connectivity index (χ2v) is 21.9. The number of hydrogen-bond acceptors (Lipinski definition) is 4. The Morgan fingerprint density at radius 2 is 1.22 bits per heavy atom. The van der Waals surface area contributed by atoms with E-state index in [0.717, 1.165) is 0 Å². The molecule has 0 aromatic rings. The Hall–Kier alpha value is -0.606. The molecule has 0 spiro atoms. The van der Waals surface area contributed by atoms with Gasteiger partial charge >= 0.3 is 0 Å². The highest BCUT2D eigenvalue weighted by Gasteiger charge is 2.52. The highest BCUT2D eigenvalue weighted by Crippen LogP contribution is 2.43. The van der Waals surface area contributed by atoms with Crippen LogP contribution in [0.2, 0.25) is 36.3 Å². The van der Waals surface area contributed by atoms with Crippen molar-refractivity contribution >= 4 is 16.6 Å². The van der Waals surface area contributed by atoms with Crippen LogP contribution in [-0.4, -0.2) is 46.8 Å². The molecule has 0 aliphatic carbocycles. The fraction of sp³-hybridized carbons (Fsp3) is 0.846. The van der Waals surface area contributed by atoms with Crippen molar-refractivity contribution < 1.29 is 18.3 Å². The predicted molar refractivity (Wildman–Crippen MR) is 139 cm³/mol. The van der Waals surface area contributed by atoms with Crippen molar-refractivity contribution in [3.8, 4) is 24.2 Å². The minimum Gasteiger partial charge on any atom is -0.410 e. The maximum Gasteiger partial charge on any atom is 0.192 e. The Bertz CT molecular complexity index is 726. The fourth-order valence-corrected chi connectivity index (χ4v) is 5.93. The van der Waals surface area contributed by atoms with Crippen LogP contribution < -0.4 is 0 Å². The Labute approximate surface area is 200 Å². The molecule has 0 aromatic carbocycles. The lowest BCUT2D eigenvalue weighted by Crippen LogP contribution is -2.53. The van der Waals surface area contributed by atoms with Crippen molar-refractivity contribution in [2.45, 2.75) is 142 Å². The SMILES string of the molecule is C#CC[C@@H](O[Si](C)(C)C(C)(C)C)[C@H]1OC(C)(C)O[C@@H]1[C@@H](CC#CC)O[Si](C)(C)C(C)(C)C. The van der Waals surface area contributed by atoms with E-state index in [1.165, 1.54) is 0 Å². The summed E-state index contributed by atoms with van der Waals surface area (Å²) in [5, 5.41) is 0.139. The molecule has 4 atom stereocenters. The van der Waals surface area contributed by atoms with Gasteiger partial charge in [0.25, 0.3) is 0 Å². The Morgan fingerprint density at radius 3 is 1.53 bits per heavy atom. The van der Waals surface area contributed by atoms with E-state index in [0.29, 0.717) is 12.8 Å². The zero-order valence-corrected chi connectivity index (χ0v) is 24.9. The van der Waals surface area contributed by atoms with Crippen LogP contribution in [0.15, 0.2) is 0 Å². The molecule has 1 aliphatic rings. The van der Waals surface area contributed by atoms with Crippen LogP contribution in [0.25, 0.3) is 0 Å². The van der Waals surface area contributed by atoms with Gasteiger partial charge in [-0.2, -0.15) is 0 Å². The van der Waals surface area contributed by atoms with Gasteiger partial charge < -0.3 is 18.3 Å². The van der Waals surface area contributed by atoms with Gasteiger partial charge in [0.1, 0.15) is 12.2 Å². The topological polar surface area (TPSA) is 36.9 Å². The molecule has 184 valence electrons. The van der Waals surface area contributed by atoms with Crippen LogP contribution in [0.4, 0.5) is 0 Å². The van der Waals surface area contributed by atoms with E-state index in [9.17, 15) is 0 Å². The third-order valence-electron chi connectivity index (χ3n) is 7.20. The molecule has 1 fully saturated rings. The van der Waals surface area contributed by atoms with Gasteiger partial charge in [-0.25, -0.2) is 0 Å². The Kier molecular flexibility index (Phi) is 9.51. The van der Waals surface area contributed by atoms with E-state index in [1.807, 2.05) is 20.8 Å². The van der Waals surface area contributed by atoms with Crippen molar-refractivity contribution in [2.24, 2.45) is 0 Å². The second kappa shape index (κ2) is 10.3. The van der Waals surface area contributed by atoms with Gasteiger partial charge in [-0.15, -0.1) is 24.2 Å². The molecule has 0 amide bonds. The summed E-state index contributed by atoms with van der Waals surface area (Å²) in [6, 6.07) is 0. The molecule has 0 radical (unpaired) electrons. The molecule has 0 saturated carbocycles. The van der Waals surface area contributed by atoms with Crippen LogP contribution in [-0.2, 0) is 18.3 Å². The zero-order chi connectivity index (χ0) is 25.2. The molecule has 1 saturated heterocycles. The quantitative estimate of drug-likeness (QED) is 0.285. The largest absolute Gasteiger partial charge is 0.410 e. The molecule has 32 heavy (non-hydrogen) atoms. The van der Waals surface area contributed by atoms with E-state index >= 15 is 0 Å². The number of ether oxygens (including phenoxy) is 2. The minimum atomic E-state index is -2.08. The van der Waals surface area contributed by atoms with Gasteiger partial charge in [0.05, 0.1) is 12.2 Å². The first-order valence-corrected chi connectivity index (χ1v) is 17.6. The summed E-state index contributed by atoms with van der Waals surface area (Å²) in [7, 11) is -4.14. The molecule has 1 heterocycles. The lowest BCUT2D eigenvalue weighted by atomic mass is 9.99. The van der Waals surface area contributed by atoms with Gasteiger partial charge in [0, 0.05) is 12.8 Å². The number of hydrogen-bond donors (Lipinski definition) is 0. The van der Waals surface area contributed by atoms with E-state index in [2.05, 4.69) is 85.5 Å². The van der Waals surface area contributed by atoms with Gasteiger partial charge in [0.2, 0.25) is 0 Å². The standard InChI is InChI=1S/C26H48O4Si2/c1-15-17-19-21(30-32(13,14)25(6,7)8)23-22(27-26(9,10)28-23)20(18-16-2)29-31(11,12)24(3,4)5/h2,20-23H,18-19H2,1,3-14H3/t20-,21-,22-,23-/m1/s1. The van der Waals surface area contributed by atoms with Crippen LogP contribution in [0.3, 0.4) is 0 Å². The van der Waals surface area contributed by atoms with Crippen LogP contribution in [0.5, 0.6) is 0 Å². The molecular weight excluding hydrogens is 432 g/mol. The summed E-state index contributed by atoms with van der Waals surface area (Å²) in [6.45, 7) is 28.2. The third-order valence-corrected chi connectivity index (χ3v) is 16.2. The van der Waals surface area contributed by atoms with Crippen LogP contribution >= 0.6 is 0 Å². The first-order chi connectivity index (χ1) is 14.3. The summed E-state index contributed by atoms with van der Waals surface area (Å²) in [5.74, 6) is 8.34. The summed E-state index contributed by atoms with van der Waals surface area (Å²) >= 11 is 0. The van der Waals surface area contributed by atoms with Crippen LogP contribution in [0, 0.1) is 24.2 Å². The average molecular weight is 481 g/mol. The monoisotopic (exact) mass is 480 g/mol. The molecule has 1 aliphatic heterocycles. The van der Waals surface area contributed by atoms with Crippen molar-refractivity contribution in [1.82, 2.24) is 0 Å². The van der Waals surface area contributed by atoms with E-state index in [-0.39, 0.29) is 34.5 Å². The van der Waals surface area contributed by atoms with Crippen LogP contribution in [0.1, 0.15) is 75.2 Å². The molecule has 6 heteroatoms. The van der Waals surface area contributed by atoms with Crippen molar-refractivity contribution in [3.63, 3.8) is 0 Å². The summed E-state index contributed by atoms with van der Waals surface area (Å²) < 4.78 is 26.6. The molecule has 0 bridgehead atoms. The maximum absolute atomic E-state index is 6.87. The van der Waals surface area contributed by atoms with E-state index < -0.39 is 22.4 Å². The lowest BCUT2D eigenvalue weighted by molar-refractivity contribution is -0.159. The molecule has 0 N–H and O–H groups in total. The summed E-state index contributed by atoms with van der Waals surface area (Å²) in [6.07, 6.45) is 5.77. The van der Waals surface area contributed by atoms with Gasteiger partial charge in [-0.1, -0.05) is 41.5 Å². The average Bonchev–Trinajstić information content (AvgIpc) is 2.91. The van der Waals surface area contributed by atoms with Gasteiger partial charge in [-0.3, -0.25) is 0 Å². The number of terminal acetylenes is 1. The summed E-state index contributed by atoms with van der Waals surface area (Å²) in [5.41, 5.74) is 0. The molecular formula is C26H48O4Si2. The van der Waals surface area contributed by atoms with Gasteiger partial charge in [0.15, 0.2) is 22.4 Å². The first kappa shape index (κ1) is 29.4. The highest BCUT2D eigenvalue weighted by atomic mass is 28.4. The third kappa shape index (κ3) is 7.45. The Morgan fingerprint density at radius 1 is 0.844 bits per heavy atom. The first-order valence-electron chi connectivity index (χ1n) is 11.8. The van der Waals surface area contributed by atoms with Crippen molar-refractivity contribution in [2.75, 3.05) is 0 Å². The highest BCUT2D eigenvalue weighted by molar-refractivity contribution is 6.74. The normalized spacial score (nSPS) is 23.8. The number of rotatable bonds is 8. The molecule has 0 aromatic heterocycles. The van der Waals surface area contributed by atoms with E-state index in [1.54, 1.807) is 0 Å². The van der Waals surface area contributed by atoms with E-state index in [4.69, 9.17) is 24.7 Å². The molecule has 1 rings (SSSR count). The van der Waals surface area contributed by atoms with Gasteiger partial charge in [-0.05, 0) is 57.0 Å². The molecule has 0 unspecified atom stereocenters. The zero-order valence-electron chi connectivity index (χ0n) is 22.9. The second-order valence-electron chi connectivity index (χ2n) is 12.4. The molecule has 4 nitrogen and oxygen atoms in total. The lowest BCUT2D eigenvalue weighted by Gasteiger charge is -2.43. The summed E-state index contributed by atoms with van der Waals surface area (Å²) in [4.78, 5) is 0. The minimum absolute atomic E-state index is 0.0645. The fourth-order valence-electron chi connectivity index (χ4n) is 3.27. The Balaban J connectivity index is 3.39.